The zero-order chi connectivity index (χ0) is 17.8. The predicted molar refractivity (Wildman–Crippen MR) is 99.5 cm³/mol. The lowest BCUT2D eigenvalue weighted by Gasteiger charge is -2.38. The molecule has 1 aliphatic rings. The van der Waals surface area contributed by atoms with Crippen molar-refractivity contribution in [2.75, 3.05) is 33.3 Å². The molecule has 1 saturated heterocycles. The second-order valence-corrected chi connectivity index (χ2v) is 7.29. The molecule has 5 nitrogen and oxygen atoms in total. The lowest BCUT2D eigenvalue weighted by atomic mass is 10.0. The summed E-state index contributed by atoms with van der Waals surface area (Å²) in [6.45, 7) is 3.97. The first-order valence-electron chi connectivity index (χ1n) is 8.12. The number of nitrogens with zero attached hydrogens (tertiary/aromatic N) is 2. The fraction of sp³-hybridized carbons (Fsp3) is 0.389. The highest BCUT2D eigenvalue weighted by Gasteiger charge is 2.32. The molecule has 134 valence electrons. The van der Waals surface area contributed by atoms with E-state index in [2.05, 4.69) is 21.7 Å². The lowest BCUT2D eigenvalue weighted by Crippen LogP contribution is -2.48. The zero-order valence-corrected chi connectivity index (χ0v) is 15.6. The first-order chi connectivity index (χ1) is 12.1. The highest BCUT2D eigenvalue weighted by molar-refractivity contribution is 7.07. The molecule has 1 unspecified atom stereocenters. The number of methoxy groups -OCH3 is 1. The maximum absolute atomic E-state index is 12.0. The third-order valence-electron chi connectivity index (χ3n) is 4.48. The molecule has 0 radical (unpaired) electrons. The third kappa shape index (κ3) is 4.33. The van der Waals surface area contributed by atoms with Crippen molar-refractivity contribution >= 4 is 28.9 Å². The molecule has 1 aromatic carbocycles. The number of halogens is 1. The van der Waals surface area contributed by atoms with Crippen LogP contribution in [0.4, 0.5) is 0 Å². The van der Waals surface area contributed by atoms with Gasteiger partial charge in [0, 0.05) is 43.3 Å². The topological polar surface area (TPSA) is 53.0 Å². The molecule has 1 N–H and O–H groups in total. The Labute approximate surface area is 156 Å². The Morgan fingerprint density at radius 3 is 2.68 bits per heavy atom. The van der Waals surface area contributed by atoms with Crippen LogP contribution < -0.4 is 4.74 Å². The van der Waals surface area contributed by atoms with Gasteiger partial charge in [0.15, 0.2) is 0 Å². The molecule has 3 rings (SSSR count). The van der Waals surface area contributed by atoms with Crippen molar-refractivity contribution in [1.82, 2.24) is 9.80 Å². The van der Waals surface area contributed by atoms with Gasteiger partial charge in [-0.2, -0.15) is 11.3 Å². The summed E-state index contributed by atoms with van der Waals surface area (Å²) in [4.78, 5) is 16.3. The minimum Gasteiger partial charge on any atom is -0.496 e. The van der Waals surface area contributed by atoms with Gasteiger partial charge in [-0.05, 0) is 40.6 Å². The van der Waals surface area contributed by atoms with Crippen LogP contribution in [0.25, 0.3) is 0 Å². The Hall–Kier alpha value is -1.60. The average Bonchev–Trinajstić information content (AvgIpc) is 3.10. The SMILES string of the molecule is COc1ccc(Cl)cc1C(C(=O)O)N1CCN(Cc2ccsc2)CC1. The Kier molecular flexibility index (Phi) is 5.96. The number of thiophene rings is 1. The van der Waals surface area contributed by atoms with Crippen LogP contribution in [0, 0.1) is 0 Å². The Balaban J connectivity index is 1.72. The van der Waals surface area contributed by atoms with Crippen LogP contribution in [0.15, 0.2) is 35.0 Å². The molecule has 1 aromatic heterocycles. The zero-order valence-electron chi connectivity index (χ0n) is 14.0. The quantitative estimate of drug-likeness (QED) is 0.832. The molecule has 0 spiro atoms. The van der Waals surface area contributed by atoms with E-state index in [1.807, 2.05) is 4.90 Å². The normalized spacial score (nSPS) is 17.4. The van der Waals surface area contributed by atoms with Crippen molar-refractivity contribution < 1.29 is 14.6 Å². The standard InChI is InChI=1S/C18H21ClN2O3S/c1-24-16-3-2-14(19)10-15(16)17(18(22)23)21-7-5-20(6-8-21)11-13-4-9-25-12-13/h2-4,9-10,12,17H,5-8,11H2,1H3,(H,22,23). The maximum atomic E-state index is 12.0. The number of piperazine rings is 1. The fourth-order valence-corrected chi connectivity index (χ4v) is 4.07. The van der Waals surface area contributed by atoms with Crippen molar-refractivity contribution in [3.63, 3.8) is 0 Å². The summed E-state index contributed by atoms with van der Waals surface area (Å²) in [7, 11) is 1.55. The van der Waals surface area contributed by atoms with Crippen LogP contribution in [-0.2, 0) is 11.3 Å². The molecule has 0 aliphatic carbocycles. The highest BCUT2D eigenvalue weighted by Crippen LogP contribution is 2.33. The Morgan fingerprint density at radius 1 is 1.32 bits per heavy atom. The summed E-state index contributed by atoms with van der Waals surface area (Å²) in [5, 5.41) is 14.6. The first kappa shape index (κ1) is 18.2. The lowest BCUT2D eigenvalue weighted by molar-refractivity contribution is -0.144. The van der Waals surface area contributed by atoms with E-state index in [1.54, 1.807) is 36.6 Å². The Morgan fingerprint density at radius 2 is 2.08 bits per heavy atom. The second-order valence-electron chi connectivity index (χ2n) is 6.07. The van der Waals surface area contributed by atoms with Gasteiger partial charge in [0.25, 0.3) is 0 Å². The van der Waals surface area contributed by atoms with Crippen LogP contribution in [0.3, 0.4) is 0 Å². The molecule has 0 saturated carbocycles. The van der Waals surface area contributed by atoms with Crippen LogP contribution in [0.2, 0.25) is 5.02 Å². The smallest absolute Gasteiger partial charge is 0.325 e. The van der Waals surface area contributed by atoms with Crippen molar-refractivity contribution in [2.45, 2.75) is 12.6 Å². The van der Waals surface area contributed by atoms with E-state index in [0.29, 0.717) is 29.4 Å². The fourth-order valence-electron chi connectivity index (χ4n) is 3.23. The number of rotatable bonds is 6. The number of aliphatic carboxylic acids is 1. The highest BCUT2D eigenvalue weighted by atomic mass is 35.5. The molecule has 1 aliphatic heterocycles. The maximum Gasteiger partial charge on any atom is 0.325 e. The molecule has 2 aromatic rings. The summed E-state index contributed by atoms with van der Waals surface area (Å²) in [6, 6.07) is 6.50. The molecular formula is C18H21ClN2O3S. The van der Waals surface area contributed by atoms with E-state index in [1.165, 1.54) is 5.56 Å². The van der Waals surface area contributed by atoms with Crippen molar-refractivity contribution in [3.05, 3.63) is 51.2 Å². The monoisotopic (exact) mass is 380 g/mol. The van der Waals surface area contributed by atoms with Crippen LogP contribution in [-0.4, -0.2) is 54.2 Å². The third-order valence-corrected chi connectivity index (χ3v) is 5.45. The molecular weight excluding hydrogens is 360 g/mol. The number of hydrogen-bond acceptors (Lipinski definition) is 5. The molecule has 1 fully saturated rings. The van der Waals surface area contributed by atoms with Crippen LogP contribution >= 0.6 is 22.9 Å². The number of ether oxygens (including phenoxy) is 1. The molecule has 7 heteroatoms. The van der Waals surface area contributed by atoms with Gasteiger partial charge in [0.05, 0.1) is 7.11 Å². The number of carboxylic acid groups (broad SMARTS) is 1. The van der Waals surface area contributed by atoms with Crippen molar-refractivity contribution in [2.24, 2.45) is 0 Å². The number of benzene rings is 1. The van der Waals surface area contributed by atoms with E-state index >= 15 is 0 Å². The summed E-state index contributed by atoms with van der Waals surface area (Å²) >= 11 is 7.79. The van der Waals surface area contributed by atoms with Crippen molar-refractivity contribution in [3.8, 4) is 5.75 Å². The predicted octanol–water partition coefficient (Wildman–Crippen LogP) is 3.35. The minimum atomic E-state index is -0.883. The first-order valence-corrected chi connectivity index (χ1v) is 9.44. The number of carboxylic acids is 1. The molecule has 2 heterocycles. The summed E-state index contributed by atoms with van der Waals surface area (Å²) < 4.78 is 5.36. The van der Waals surface area contributed by atoms with Gasteiger partial charge in [-0.25, -0.2) is 0 Å². The van der Waals surface area contributed by atoms with Crippen LogP contribution in [0.1, 0.15) is 17.2 Å². The minimum absolute atomic E-state index is 0.512. The molecule has 25 heavy (non-hydrogen) atoms. The van der Waals surface area contributed by atoms with Gasteiger partial charge < -0.3 is 9.84 Å². The van der Waals surface area contributed by atoms with Gasteiger partial charge in [0.1, 0.15) is 11.8 Å². The van der Waals surface area contributed by atoms with Gasteiger partial charge in [-0.1, -0.05) is 11.6 Å². The molecule has 1 atom stereocenters. The Bertz CT molecular complexity index is 715. The van der Waals surface area contributed by atoms with E-state index < -0.39 is 12.0 Å². The van der Waals surface area contributed by atoms with E-state index in [-0.39, 0.29) is 0 Å². The molecule has 0 bridgehead atoms. The van der Waals surface area contributed by atoms with Gasteiger partial charge in [-0.15, -0.1) is 0 Å². The van der Waals surface area contributed by atoms with E-state index in [4.69, 9.17) is 16.3 Å². The second kappa shape index (κ2) is 8.19. The van der Waals surface area contributed by atoms with Gasteiger partial charge >= 0.3 is 5.97 Å². The number of hydrogen-bond donors (Lipinski definition) is 1. The summed E-state index contributed by atoms with van der Waals surface area (Å²) in [6.07, 6.45) is 0. The van der Waals surface area contributed by atoms with Crippen molar-refractivity contribution in [1.29, 1.82) is 0 Å². The van der Waals surface area contributed by atoms with Gasteiger partial charge in [0.2, 0.25) is 0 Å². The largest absolute Gasteiger partial charge is 0.496 e. The summed E-state index contributed by atoms with van der Waals surface area (Å²) in [5.74, 6) is -0.329. The van der Waals surface area contributed by atoms with Crippen LogP contribution in [0.5, 0.6) is 5.75 Å². The molecule has 0 amide bonds. The average molecular weight is 381 g/mol. The van der Waals surface area contributed by atoms with E-state index in [0.717, 1.165) is 19.6 Å². The van der Waals surface area contributed by atoms with Gasteiger partial charge in [-0.3, -0.25) is 14.6 Å². The van der Waals surface area contributed by atoms with E-state index in [9.17, 15) is 9.90 Å². The number of carbonyl (C=O) groups is 1. The summed E-state index contributed by atoms with van der Waals surface area (Å²) in [5.41, 5.74) is 1.92.